The maximum absolute atomic E-state index is 13.1. The van der Waals surface area contributed by atoms with Crippen molar-refractivity contribution in [3.63, 3.8) is 0 Å². The van der Waals surface area contributed by atoms with Crippen LogP contribution in [0, 0.1) is 6.92 Å². The average molecular weight is 525 g/mol. The van der Waals surface area contributed by atoms with Gasteiger partial charge in [-0.1, -0.05) is 13.0 Å². The number of pyridine rings is 2. The number of nitrogens with zero attached hydrogens (tertiary/aromatic N) is 2. The number of thiophene rings is 1. The molecule has 184 valence electrons. The van der Waals surface area contributed by atoms with Crippen LogP contribution in [0.15, 0.2) is 51.7 Å². The zero-order valence-electron chi connectivity index (χ0n) is 19.1. The zero-order chi connectivity index (χ0) is 23.4. The summed E-state index contributed by atoms with van der Waals surface area (Å²) in [4.78, 5) is 22.1. The van der Waals surface area contributed by atoms with E-state index in [-0.39, 0.29) is 34.8 Å². The van der Waals surface area contributed by atoms with E-state index in [1.165, 1.54) is 11.3 Å². The number of hydrogen-bond donors (Lipinski definition) is 2. The number of halogens is 1. The van der Waals surface area contributed by atoms with Crippen LogP contribution in [0.3, 0.4) is 0 Å². The smallest absolute Gasteiger partial charge is 0.251 e. The molecule has 1 unspecified atom stereocenters. The molecule has 0 spiro atoms. The Morgan fingerprint density at radius 1 is 1.26 bits per heavy atom. The minimum absolute atomic E-state index is 0. The van der Waals surface area contributed by atoms with Gasteiger partial charge < -0.3 is 9.72 Å². The Morgan fingerprint density at radius 2 is 2.03 bits per heavy atom. The largest absolute Gasteiger partial charge is 0.379 e. The molecule has 1 fully saturated rings. The minimum Gasteiger partial charge on any atom is -0.379 e. The quantitative estimate of drug-likeness (QED) is 0.469. The molecule has 34 heavy (non-hydrogen) atoms. The molecule has 0 aromatic carbocycles. The molecule has 0 saturated carbocycles. The second kappa shape index (κ2) is 11.6. The number of rotatable bonds is 8. The standard InChI is InChI=1S/C23H28N4O4S2.ClH/c1-3-17-13-19(16(2)26-23(17)28)21-6-7-22(32-21)33(29,30)25-15-20(18-5-4-8-24-14-18)27-9-11-31-12-10-27;/h4-8,13-14,20,25H,3,9-12,15H2,1-2H3,(H,26,28);1H. The van der Waals surface area contributed by atoms with E-state index in [4.69, 9.17) is 4.74 Å². The van der Waals surface area contributed by atoms with Crippen LogP contribution < -0.4 is 10.3 Å². The van der Waals surface area contributed by atoms with E-state index in [2.05, 4.69) is 19.6 Å². The highest BCUT2D eigenvalue weighted by Crippen LogP contribution is 2.32. The van der Waals surface area contributed by atoms with Gasteiger partial charge in [-0.25, -0.2) is 13.1 Å². The average Bonchev–Trinajstić information content (AvgIpc) is 3.32. The monoisotopic (exact) mass is 524 g/mol. The highest BCUT2D eigenvalue weighted by atomic mass is 35.5. The Bertz CT molecular complexity index is 1260. The van der Waals surface area contributed by atoms with Crippen LogP contribution in [-0.2, 0) is 21.2 Å². The van der Waals surface area contributed by atoms with Crippen molar-refractivity contribution >= 4 is 33.8 Å². The molecule has 3 aromatic rings. The van der Waals surface area contributed by atoms with Crippen LogP contribution in [0.4, 0.5) is 0 Å². The molecule has 0 aliphatic carbocycles. The molecule has 8 nitrogen and oxygen atoms in total. The maximum atomic E-state index is 13.1. The van der Waals surface area contributed by atoms with E-state index in [1.807, 2.05) is 32.0 Å². The molecule has 2 N–H and O–H groups in total. The van der Waals surface area contributed by atoms with Gasteiger partial charge in [-0.2, -0.15) is 0 Å². The van der Waals surface area contributed by atoms with Gasteiger partial charge in [0.15, 0.2) is 0 Å². The van der Waals surface area contributed by atoms with Gasteiger partial charge in [0.05, 0.1) is 19.3 Å². The lowest BCUT2D eigenvalue weighted by Gasteiger charge is -2.34. The van der Waals surface area contributed by atoms with Crippen LogP contribution in [-0.4, -0.2) is 56.1 Å². The third kappa shape index (κ3) is 5.94. The number of sulfonamides is 1. The van der Waals surface area contributed by atoms with Crippen molar-refractivity contribution in [2.24, 2.45) is 0 Å². The Labute approximate surface area is 209 Å². The predicted molar refractivity (Wildman–Crippen MR) is 136 cm³/mol. The van der Waals surface area contributed by atoms with Crippen molar-refractivity contribution in [1.82, 2.24) is 19.6 Å². The molecule has 1 aliphatic rings. The van der Waals surface area contributed by atoms with Crippen molar-refractivity contribution in [3.8, 4) is 10.4 Å². The van der Waals surface area contributed by atoms with Crippen LogP contribution in [0.25, 0.3) is 10.4 Å². The summed E-state index contributed by atoms with van der Waals surface area (Å²) in [7, 11) is -3.71. The lowest BCUT2D eigenvalue weighted by molar-refractivity contribution is 0.0171. The van der Waals surface area contributed by atoms with Gasteiger partial charge in [0.25, 0.3) is 5.56 Å². The normalized spacial score (nSPS) is 15.6. The summed E-state index contributed by atoms with van der Waals surface area (Å²) in [5, 5.41) is 0. The van der Waals surface area contributed by atoms with Crippen molar-refractivity contribution in [2.45, 2.75) is 30.5 Å². The Morgan fingerprint density at radius 3 is 2.71 bits per heavy atom. The summed E-state index contributed by atoms with van der Waals surface area (Å²) < 4.78 is 34.8. The summed E-state index contributed by atoms with van der Waals surface area (Å²) in [5.41, 5.74) is 3.11. The molecule has 11 heteroatoms. The van der Waals surface area contributed by atoms with E-state index < -0.39 is 10.0 Å². The number of morpholine rings is 1. The van der Waals surface area contributed by atoms with Crippen LogP contribution in [0.1, 0.15) is 29.8 Å². The first kappa shape index (κ1) is 26.5. The zero-order valence-corrected chi connectivity index (χ0v) is 21.6. The molecular weight excluding hydrogens is 496 g/mol. The number of aryl methyl sites for hydroxylation is 2. The topological polar surface area (TPSA) is 104 Å². The predicted octanol–water partition coefficient (Wildman–Crippen LogP) is 3.14. The number of aromatic nitrogens is 2. The lowest BCUT2D eigenvalue weighted by atomic mass is 10.1. The molecule has 1 saturated heterocycles. The van der Waals surface area contributed by atoms with Crippen LogP contribution in [0.2, 0.25) is 0 Å². The van der Waals surface area contributed by atoms with E-state index in [0.29, 0.717) is 25.2 Å². The molecule has 1 aliphatic heterocycles. The SMILES string of the molecule is CCc1cc(-c2ccc(S(=O)(=O)NCC(c3cccnc3)N3CCOCC3)s2)c(C)[nH]c1=O.Cl. The third-order valence-electron chi connectivity index (χ3n) is 5.83. The third-order valence-corrected chi connectivity index (χ3v) is 8.86. The van der Waals surface area contributed by atoms with Crippen LogP contribution >= 0.6 is 23.7 Å². The van der Waals surface area contributed by atoms with Crippen molar-refractivity contribution < 1.29 is 13.2 Å². The number of ether oxygens (including phenoxy) is 1. The summed E-state index contributed by atoms with van der Waals surface area (Å²) in [6, 6.07) is 8.95. The molecule has 3 aromatic heterocycles. The highest BCUT2D eigenvalue weighted by Gasteiger charge is 2.26. The Balaban J connectivity index is 0.00000324. The fourth-order valence-corrected chi connectivity index (χ4v) is 6.44. The maximum Gasteiger partial charge on any atom is 0.251 e. The number of nitrogens with one attached hydrogen (secondary N) is 2. The molecule has 1 atom stereocenters. The first-order chi connectivity index (χ1) is 15.9. The summed E-state index contributed by atoms with van der Waals surface area (Å²) in [5.74, 6) is 0. The highest BCUT2D eigenvalue weighted by molar-refractivity contribution is 7.91. The molecule has 4 rings (SSSR count). The van der Waals surface area contributed by atoms with E-state index in [0.717, 1.165) is 34.8 Å². The van der Waals surface area contributed by atoms with Gasteiger partial charge in [-0.05, 0) is 43.2 Å². The van der Waals surface area contributed by atoms with Gasteiger partial charge in [-0.3, -0.25) is 14.7 Å². The minimum atomic E-state index is -3.71. The molecule has 0 bridgehead atoms. The Kier molecular flexibility index (Phi) is 9.02. The van der Waals surface area contributed by atoms with Crippen molar-refractivity contribution in [3.05, 3.63) is 69.9 Å². The number of H-pyrrole nitrogens is 1. The Hall–Kier alpha value is -2.08. The van der Waals surface area contributed by atoms with Gasteiger partial charge in [0, 0.05) is 53.7 Å². The number of hydrogen-bond acceptors (Lipinski definition) is 7. The van der Waals surface area contributed by atoms with Crippen molar-refractivity contribution in [1.29, 1.82) is 0 Å². The fourth-order valence-electron chi connectivity index (χ4n) is 3.97. The first-order valence-electron chi connectivity index (χ1n) is 10.9. The van der Waals surface area contributed by atoms with Gasteiger partial charge in [0.2, 0.25) is 10.0 Å². The van der Waals surface area contributed by atoms with Gasteiger partial charge in [-0.15, -0.1) is 23.7 Å². The van der Waals surface area contributed by atoms with E-state index in [1.54, 1.807) is 24.5 Å². The summed E-state index contributed by atoms with van der Waals surface area (Å²) in [6.45, 7) is 6.69. The fraction of sp³-hybridized carbons (Fsp3) is 0.391. The molecule has 4 heterocycles. The van der Waals surface area contributed by atoms with Crippen molar-refractivity contribution in [2.75, 3.05) is 32.8 Å². The van der Waals surface area contributed by atoms with E-state index in [9.17, 15) is 13.2 Å². The molecule has 0 radical (unpaired) electrons. The molecular formula is C23H29ClN4O4S2. The van der Waals surface area contributed by atoms with Gasteiger partial charge in [0.1, 0.15) is 4.21 Å². The first-order valence-corrected chi connectivity index (χ1v) is 13.2. The second-order valence-electron chi connectivity index (χ2n) is 7.94. The van der Waals surface area contributed by atoms with E-state index >= 15 is 0 Å². The van der Waals surface area contributed by atoms with Crippen LogP contribution in [0.5, 0.6) is 0 Å². The molecule has 0 amide bonds. The lowest BCUT2D eigenvalue weighted by Crippen LogP contribution is -2.43. The second-order valence-corrected chi connectivity index (χ2v) is 11.0. The van der Waals surface area contributed by atoms with Gasteiger partial charge >= 0.3 is 0 Å². The summed E-state index contributed by atoms with van der Waals surface area (Å²) >= 11 is 1.20. The summed E-state index contributed by atoms with van der Waals surface area (Å²) in [6.07, 6.45) is 4.10. The number of aromatic amines is 1.